The predicted octanol–water partition coefficient (Wildman–Crippen LogP) is 1.60. The standard InChI is InChI=1S/C11H23NO2/c1-4-7-13-8-5-12-6-9-14-10-11(2)3/h12H,2,4-10H2,1,3H3. The Morgan fingerprint density at radius 1 is 1.14 bits per heavy atom. The minimum absolute atomic E-state index is 0.661. The fourth-order valence-corrected chi connectivity index (χ4v) is 0.906. The molecule has 0 aromatic rings. The summed E-state index contributed by atoms with van der Waals surface area (Å²) in [7, 11) is 0. The van der Waals surface area contributed by atoms with Gasteiger partial charge in [-0.2, -0.15) is 0 Å². The van der Waals surface area contributed by atoms with Crippen LogP contribution >= 0.6 is 0 Å². The molecule has 0 aliphatic carbocycles. The Morgan fingerprint density at radius 2 is 1.79 bits per heavy atom. The van der Waals surface area contributed by atoms with E-state index < -0.39 is 0 Å². The van der Waals surface area contributed by atoms with E-state index in [1.165, 1.54) is 0 Å². The zero-order chi connectivity index (χ0) is 10.6. The molecular weight excluding hydrogens is 178 g/mol. The number of hydrogen-bond acceptors (Lipinski definition) is 3. The highest BCUT2D eigenvalue weighted by Crippen LogP contribution is 1.86. The van der Waals surface area contributed by atoms with Gasteiger partial charge < -0.3 is 14.8 Å². The fourth-order valence-electron chi connectivity index (χ4n) is 0.906. The van der Waals surface area contributed by atoms with Crippen molar-refractivity contribution in [1.29, 1.82) is 0 Å². The summed E-state index contributed by atoms with van der Waals surface area (Å²) in [4.78, 5) is 0. The van der Waals surface area contributed by atoms with Crippen molar-refractivity contribution < 1.29 is 9.47 Å². The summed E-state index contributed by atoms with van der Waals surface area (Å²) >= 11 is 0. The maximum absolute atomic E-state index is 5.32. The number of hydrogen-bond donors (Lipinski definition) is 1. The maximum atomic E-state index is 5.32. The molecule has 0 aliphatic heterocycles. The number of ether oxygens (including phenoxy) is 2. The molecular formula is C11H23NO2. The van der Waals surface area contributed by atoms with Gasteiger partial charge in [0.2, 0.25) is 0 Å². The molecule has 0 aliphatic rings. The van der Waals surface area contributed by atoms with Gasteiger partial charge in [-0.1, -0.05) is 19.1 Å². The molecule has 1 N–H and O–H groups in total. The largest absolute Gasteiger partial charge is 0.380 e. The van der Waals surface area contributed by atoms with Crippen molar-refractivity contribution in [3.63, 3.8) is 0 Å². The minimum atomic E-state index is 0.661. The van der Waals surface area contributed by atoms with E-state index in [0.717, 1.165) is 44.9 Å². The summed E-state index contributed by atoms with van der Waals surface area (Å²) < 4.78 is 10.6. The lowest BCUT2D eigenvalue weighted by atomic mass is 10.4. The second-order valence-electron chi connectivity index (χ2n) is 3.37. The highest BCUT2D eigenvalue weighted by Gasteiger charge is 1.89. The van der Waals surface area contributed by atoms with Crippen LogP contribution in [0.5, 0.6) is 0 Å². The van der Waals surface area contributed by atoms with Crippen molar-refractivity contribution in [2.24, 2.45) is 0 Å². The van der Waals surface area contributed by atoms with Crippen molar-refractivity contribution in [3.05, 3.63) is 12.2 Å². The van der Waals surface area contributed by atoms with Crippen LogP contribution in [0.2, 0.25) is 0 Å². The van der Waals surface area contributed by atoms with Gasteiger partial charge in [-0.15, -0.1) is 0 Å². The molecule has 0 saturated carbocycles. The van der Waals surface area contributed by atoms with Gasteiger partial charge in [0.15, 0.2) is 0 Å². The Morgan fingerprint density at radius 3 is 2.36 bits per heavy atom. The molecule has 0 rings (SSSR count). The molecule has 3 nitrogen and oxygen atoms in total. The van der Waals surface area contributed by atoms with Crippen LogP contribution in [-0.2, 0) is 9.47 Å². The van der Waals surface area contributed by atoms with E-state index in [9.17, 15) is 0 Å². The normalized spacial score (nSPS) is 10.4. The van der Waals surface area contributed by atoms with Crippen LogP contribution in [0.1, 0.15) is 20.3 Å². The second kappa shape index (κ2) is 10.7. The predicted molar refractivity (Wildman–Crippen MR) is 59.6 cm³/mol. The van der Waals surface area contributed by atoms with Crippen LogP contribution in [-0.4, -0.2) is 39.5 Å². The van der Waals surface area contributed by atoms with Gasteiger partial charge in [0, 0.05) is 19.7 Å². The molecule has 0 unspecified atom stereocenters. The zero-order valence-corrected chi connectivity index (χ0v) is 9.47. The Hall–Kier alpha value is -0.380. The van der Waals surface area contributed by atoms with E-state index in [4.69, 9.17) is 9.47 Å². The molecule has 0 radical (unpaired) electrons. The first-order valence-corrected chi connectivity index (χ1v) is 5.28. The highest BCUT2D eigenvalue weighted by atomic mass is 16.5. The molecule has 84 valence electrons. The molecule has 14 heavy (non-hydrogen) atoms. The number of nitrogens with one attached hydrogen (secondary N) is 1. The van der Waals surface area contributed by atoms with Crippen molar-refractivity contribution >= 4 is 0 Å². The fraction of sp³-hybridized carbons (Fsp3) is 0.818. The SMILES string of the molecule is C=C(C)COCCNCCOCCC. The summed E-state index contributed by atoms with van der Waals surface area (Å²) in [6.07, 6.45) is 1.09. The lowest BCUT2D eigenvalue weighted by molar-refractivity contribution is 0.128. The van der Waals surface area contributed by atoms with E-state index in [2.05, 4.69) is 18.8 Å². The average Bonchev–Trinajstić information content (AvgIpc) is 2.15. The molecule has 0 bridgehead atoms. The van der Waals surface area contributed by atoms with Crippen molar-refractivity contribution in [2.45, 2.75) is 20.3 Å². The zero-order valence-electron chi connectivity index (χ0n) is 9.47. The van der Waals surface area contributed by atoms with Gasteiger partial charge in [-0.05, 0) is 13.3 Å². The van der Waals surface area contributed by atoms with Crippen molar-refractivity contribution in [2.75, 3.05) is 39.5 Å². The summed E-state index contributed by atoms with van der Waals surface area (Å²) in [6, 6.07) is 0. The average molecular weight is 201 g/mol. The second-order valence-corrected chi connectivity index (χ2v) is 3.37. The van der Waals surface area contributed by atoms with E-state index >= 15 is 0 Å². The summed E-state index contributed by atoms with van der Waals surface area (Å²) in [5.41, 5.74) is 1.07. The highest BCUT2D eigenvalue weighted by molar-refractivity contribution is 4.87. The van der Waals surface area contributed by atoms with Crippen LogP contribution < -0.4 is 5.32 Å². The van der Waals surface area contributed by atoms with Crippen LogP contribution in [0.3, 0.4) is 0 Å². The van der Waals surface area contributed by atoms with Crippen LogP contribution in [0, 0.1) is 0 Å². The van der Waals surface area contributed by atoms with Crippen LogP contribution in [0.25, 0.3) is 0 Å². The molecule has 0 aromatic carbocycles. The Kier molecular flexibility index (Phi) is 10.4. The lowest BCUT2D eigenvalue weighted by Gasteiger charge is -2.06. The number of rotatable bonds is 10. The minimum Gasteiger partial charge on any atom is -0.380 e. The van der Waals surface area contributed by atoms with Gasteiger partial charge in [-0.25, -0.2) is 0 Å². The lowest BCUT2D eigenvalue weighted by Crippen LogP contribution is -2.24. The molecule has 0 amide bonds. The quantitative estimate of drug-likeness (QED) is 0.430. The van der Waals surface area contributed by atoms with Crippen LogP contribution in [0.15, 0.2) is 12.2 Å². The monoisotopic (exact) mass is 201 g/mol. The van der Waals surface area contributed by atoms with Crippen molar-refractivity contribution in [1.82, 2.24) is 5.32 Å². The van der Waals surface area contributed by atoms with E-state index in [-0.39, 0.29) is 0 Å². The molecule has 0 aromatic heterocycles. The smallest absolute Gasteiger partial charge is 0.0672 e. The van der Waals surface area contributed by atoms with E-state index in [1.807, 2.05) is 6.92 Å². The van der Waals surface area contributed by atoms with Gasteiger partial charge in [0.25, 0.3) is 0 Å². The molecule has 0 fully saturated rings. The molecule has 0 spiro atoms. The molecule has 0 heterocycles. The first-order chi connectivity index (χ1) is 6.77. The van der Waals surface area contributed by atoms with E-state index in [1.54, 1.807) is 0 Å². The Bertz CT molecular complexity index is 137. The first-order valence-electron chi connectivity index (χ1n) is 5.28. The van der Waals surface area contributed by atoms with Crippen LogP contribution in [0.4, 0.5) is 0 Å². The topological polar surface area (TPSA) is 30.5 Å². The summed E-state index contributed by atoms with van der Waals surface area (Å²) in [6.45, 7) is 12.6. The van der Waals surface area contributed by atoms with Gasteiger partial charge >= 0.3 is 0 Å². The third-order valence-corrected chi connectivity index (χ3v) is 1.54. The summed E-state index contributed by atoms with van der Waals surface area (Å²) in [5.74, 6) is 0. The molecule has 3 heteroatoms. The summed E-state index contributed by atoms with van der Waals surface area (Å²) in [5, 5.41) is 3.24. The third kappa shape index (κ3) is 11.6. The van der Waals surface area contributed by atoms with Gasteiger partial charge in [-0.3, -0.25) is 0 Å². The van der Waals surface area contributed by atoms with Gasteiger partial charge in [0.05, 0.1) is 19.8 Å². The maximum Gasteiger partial charge on any atom is 0.0672 e. The first kappa shape index (κ1) is 13.6. The third-order valence-electron chi connectivity index (χ3n) is 1.54. The van der Waals surface area contributed by atoms with E-state index in [0.29, 0.717) is 6.61 Å². The van der Waals surface area contributed by atoms with Crippen molar-refractivity contribution in [3.8, 4) is 0 Å². The van der Waals surface area contributed by atoms with Gasteiger partial charge in [0.1, 0.15) is 0 Å². The Labute approximate surface area is 87.5 Å². The molecule has 0 saturated heterocycles. The Balaban J connectivity index is 2.88. The molecule has 0 atom stereocenters.